The topological polar surface area (TPSA) is 94.0 Å². The zero-order chi connectivity index (χ0) is 18.5. The number of ether oxygens (including phenoxy) is 1. The third-order valence-electron chi connectivity index (χ3n) is 5.01. The molecule has 1 saturated heterocycles. The number of hydrogen-bond acceptors (Lipinski definition) is 6. The number of nitrogens with one attached hydrogen (secondary N) is 2. The number of benzene rings is 1. The number of rotatable bonds is 6. The minimum Gasteiger partial charge on any atom is -0.494 e. The van der Waals surface area contributed by atoms with E-state index < -0.39 is 0 Å². The number of nitrogens with zero attached hydrogens (tertiary/aromatic N) is 4. The molecule has 0 spiro atoms. The second kappa shape index (κ2) is 9.66. The first-order chi connectivity index (χ1) is 12.6. The number of tetrazole rings is 1. The molecule has 0 radical (unpaired) electrons. The van der Waals surface area contributed by atoms with Crippen molar-refractivity contribution in [3.8, 4) is 11.4 Å². The number of hydrogen-bond donors (Lipinski definition) is 2. The number of carbonyl (C=O) groups is 1. The molecule has 0 bridgehead atoms. The molecule has 1 aromatic heterocycles. The minimum absolute atomic E-state index is 0. The lowest BCUT2D eigenvalue weighted by molar-refractivity contribution is -0.117. The van der Waals surface area contributed by atoms with Crippen molar-refractivity contribution < 1.29 is 9.53 Å². The van der Waals surface area contributed by atoms with Crippen LogP contribution in [0.4, 0.5) is 5.69 Å². The SMILES string of the molecule is COc1ccc(NC(=O)CC(C)C2CCNCC2)cc1-n1nnnc1C.Cl. The van der Waals surface area contributed by atoms with Crippen molar-refractivity contribution in [1.82, 2.24) is 25.5 Å². The zero-order valence-corrected chi connectivity index (χ0v) is 16.8. The summed E-state index contributed by atoms with van der Waals surface area (Å²) in [5, 5.41) is 17.9. The molecule has 3 rings (SSSR count). The highest BCUT2D eigenvalue weighted by molar-refractivity contribution is 5.91. The third-order valence-corrected chi connectivity index (χ3v) is 5.01. The van der Waals surface area contributed by atoms with Crippen molar-refractivity contribution in [3.63, 3.8) is 0 Å². The number of piperidine rings is 1. The van der Waals surface area contributed by atoms with Gasteiger partial charge in [-0.2, -0.15) is 4.68 Å². The first-order valence-corrected chi connectivity index (χ1v) is 9.02. The van der Waals surface area contributed by atoms with Gasteiger partial charge in [0.15, 0.2) is 5.82 Å². The molecule has 27 heavy (non-hydrogen) atoms. The zero-order valence-electron chi connectivity index (χ0n) is 15.9. The smallest absolute Gasteiger partial charge is 0.224 e. The van der Waals surface area contributed by atoms with Gasteiger partial charge in [-0.1, -0.05) is 6.92 Å². The van der Waals surface area contributed by atoms with Gasteiger partial charge in [0.1, 0.15) is 11.4 Å². The molecule has 148 valence electrons. The van der Waals surface area contributed by atoms with Crippen molar-refractivity contribution in [2.24, 2.45) is 11.8 Å². The van der Waals surface area contributed by atoms with Crippen LogP contribution in [-0.2, 0) is 4.79 Å². The Morgan fingerprint density at radius 2 is 2.15 bits per heavy atom. The van der Waals surface area contributed by atoms with Crippen LogP contribution >= 0.6 is 12.4 Å². The van der Waals surface area contributed by atoms with Crippen LogP contribution in [0, 0.1) is 18.8 Å². The van der Waals surface area contributed by atoms with Crippen LogP contribution in [0.25, 0.3) is 5.69 Å². The van der Waals surface area contributed by atoms with Crippen LogP contribution in [0.5, 0.6) is 5.75 Å². The van der Waals surface area contributed by atoms with Gasteiger partial charge in [-0.05, 0) is 73.3 Å². The Morgan fingerprint density at radius 3 is 2.78 bits per heavy atom. The van der Waals surface area contributed by atoms with Gasteiger partial charge in [0, 0.05) is 12.1 Å². The second-order valence-electron chi connectivity index (χ2n) is 6.84. The number of halogens is 1. The molecule has 8 nitrogen and oxygen atoms in total. The molecule has 1 amide bonds. The largest absolute Gasteiger partial charge is 0.494 e. The summed E-state index contributed by atoms with van der Waals surface area (Å²) in [6.07, 6.45) is 2.80. The van der Waals surface area contributed by atoms with Crippen LogP contribution in [-0.4, -0.2) is 46.3 Å². The average molecular weight is 395 g/mol. The first kappa shape index (κ1) is 21.1. The van der Waals surface area contributed by atoms with E-state index in [2.05, 4.69) is 33.1 Å². The summed E-state index contributed by atoms with van der Waals surface area (Å²) in [6.45, 7) is 6.07. The molecule has 1 unspecified atom stereocenters. The lowest BCUT2D eigenvalue weighted by atomic mass is 9.84. The summed E-state index contributed by atoms with van der Waals surface area (Å²) in [5.41, 5.74) is 1.40. The molecule has 0 aliphatic carbocycles. The van der Waals surface area contributed by atoms with Crippen molar-refractivity contribution in [2.75, 3.05) is 25.5 Å². The van der Waals surface area contributed by atoms with Gasteiger partial charge >= 0.3 is 0 Å². The fourth-order valence-corrected chi connectivity index (χ4v) is 3.47. The van der Waals surface area contributed by atoms with E-state index in [-0.39, 0.29) is 18.3 Å². The molecule has 9 heteroatoms. The van der Waals surface area contributed by atoms with E-state index in [0.717, 1.165) is 25.9 Å². The third kappa shape index (κ3) is 5.17. The number of aromatic nitrogens is 4. The maximum atomic E-state index is 12.5. The van der Waals surface area contributed by atoms with E-state index in [9.17, 15) is 4.79 Å². The molecule has 1 fully saturated rings. The molecule has 1 aliphatic rings. The summed E-state index contributed by atoms with van der Waals surface area (Å²) in [7, 11) is 1.59. The number of amides is 1. The van der Waals surface area contributed by atoms with Gasteiger partial charge in [0.05, 0.1) is 7.11 Å². The van der Waals surface area contributed by atoms with Gasteiger partial charge in [-0.15, -0.1) is 17.5 Å². The molecular weight excluding hydrogens is 368 g/mol. The number of anilines is 1. The van der Waals surface area contributed by atoms with E-state index in [1.807, 2.05) is 25.1 Å². The summed E-state index contributed by atoms with van der Waals surface area (Å²) in [5.74, 6) is 2.29. The molecular formula is C18H27ClN6O2. The van der Waals surface area contributed by atoms with E-state index in [1.165, 1.54) is 0 Å². The van der Waals surface area contributed by atoms with Crippen LogP contribution in [0.1, 0.15) is 32.0 Å². The first-order valence-electron chi connectivity index (χ1n) is 9.02. The standard InChI is InChI=1S/C18H26N6O2.ClH/c1-12(14-6-8-19-9-7-14)10-18(25)20-15-4-5-17(26-3)16(11-15)24-13(2)21-22-23-24;/h4-5,11-12,14,19H,6-10H2,1-3H3,(H,20,25);1H. The fraction of sp³-hybridized carbons (Fsp3) is 0.556. The van der Waals surface area contributed by atoms with Crippen LogP contribution in [0.3, 0.4) is 0 Å². The monoisotopic (exact) mass is 394 g/mol. The summed E-state index contributed by atoms with van der Waals surface area (Å²) in [6, 6.07) is 5.46. The van der Waals surface area contributed by atoms with Crippen LogP contribution < -0.4 is 15.4 Å². The molecule has 1 aliphatic heterocycles. The molecule has 1 aromatic carbocycles. The predicted molar refractivity (Wildman–Crippen MR) is 106 cm³/mol. The summed E-state index contributed by atoms with van der Waals surface area (Å²) < 4.78 is 6.98. The Balaban J connectivity index is 0.00000261. The van der Waals surface area contributed by atoms with Gasteiger partial charge in [-0.25, -0.2) is 0 Å². The van der Waals surface area contributed by atoms with Crippen LogP contribution in [0.2, 0.25) is 0 Å². The Hall–Kier alpha value is -2.19. The maximum absolute atomic E-state index is 12.5. The molecule has 2 N–H and O–H groups in total. The molecule has 2 heterocycles. The maximum Gasteiger partial charge on any atom is 0.224 e. The molecule has 1 atom stereocenters. The number of aryl methyl sites for hydroxylation is 1. The lowest BCUT2D eigenvalue weighted by Gasteiger charge is -2.27. The number of carbonyl (C=O) groups excluding carboxylic acids is 1. The second-order valence-corrected chi connectivity index (χ2v) is 6.84. The quantitative estimate of drug-likeness (QED) is 0.781. The molecule has 2 aromatic rings. The van der Waals surface area contributed by atoms with Crippen molar-refractivity contribution in [1.29, 1.82) is 0 Å². The van der Waals surface area contributed by atoms with Crippen molar-refractivity contribution >= 4 is 24.0 Å². The predicted octanol–water partition coefficient (Wildman–Crippen LogP) is 2.37. The summed E-state index contributed by atoms with van der Waals surface area (Å²) >= 11 is 0. The molecule has 0 saturated carbocycles. The number of methoxy groups -OCH3 is 1. The Labute approximate surface area is 165 Å². The minimum atomic E-state index is 0. The van der Waals surface area contributed by atoms with Gasteiger partial charge in [-0.3, -0.25) is 4.79 Å². The average Bonchev–Trinajstić information content (AvgIpc) is 3.08. The van der Waals surface area contributed by atoms with E-state index in [1.54, 1.807) is 11.8 Å². The van der Waals surface area contributed by atoms with Crippen LogP contribution in [0.15, 0.2) is 18.2 Å². The van der Waals surface area contributed by atoms with E-state index >= 15 is 0 Å². The lowest BCUT2D eigenvalue weighted by Crippen LogP contribution is -2.32. The Morgan fingerprint density at radius 1 is 1.41 bits per heavy atom. The van der Waals surface area contributed by atoms with Gasteiger partial charge in [0.2, 0.25) is 5.91 Å². The highest BCUT2D eigenvalue weighted by atomic mass is 35.5. The Kier molecular flexibility index (Phi) is 7.55. The fourth-order valence-electron chi connectivity index (χ4n) is 3.47. The van der Waals surface area contributed by atoms with Crippen molar-refractivity contribution in [2.45, 2.75) is 33.1 Å². The normalized spacial score (nSPS) is 15.7. The summed E-state index contributed by atoms with van der Waals surface area (Å²) in [4.78, 5) is 12.5. The Bertz CT molecular complexity index is 760. The van der Waals surface area contributed by atoms with E-state index in [0.29, 0.717) is 41.2 Å². The van der Waals surface area contributed by atoms with E-state index in [4.69, 9.17) is 4.74 Å². The van der Waals surface area contributed by atoms with Crippen molar-refractivity contribution in [3.05, 3.63) is 24.0 Å². The van der Waals surface area contributed by atoms with Gasteiger partial charge in [0.25, 0.3) is 0 Å². The highest BCUT2D eigenvalue weighted by Crippen LogP contribution is 2.28. The highest BCUT2D eigenvalue weighted by Gasteiger charge is 2.22. The van der Waals surface area contributed by atoms with Gasteiger partial charge < -0.3 is 15.4 Å².